The van der Waals surface area contributed by atoms with Crippen LogP contribution in [0.15, 0.2) is 23.3 Å². The van der Waals surface area contributed by atoms with Crippen molar-refractivity contribution >= 4 is 29.1 Å². The van der Waals surface area contributed by atoms with E-state index >= 15 is 0 Å². The minimum absolute atomic E-state index is 0.00979. The first kappa shape index (κ1) is 22.9. The number of fused-ring (bicyclic) bond motifs is 2. The Morgan fingerprint density at radius 1 is 1.00 bits per heavy atom. The van der Waals surface area contributed by atoms with Gasteiger partial charge in [-0.25, -0.2) is 9.97 Å². The lowest BCUT2D eigenvalue weighted by molar-refractivity contribution is -0.137. The van der Waals surface area contributed by atoms with Crippen molar-refractivity contribution < 1.29 is 9.59 Å². The zero-order valence-corrected chi connectivity index (χ0v) is 21.4. The molecule has 0 bridgehead atoms. The lowest BCUT2D eigenvalue weighted by atomic mass is 9.57. The highest BCUT2D eigenvalue weighted by atomic mass is 16.2. The summed E-state index contributed by atoms with van der Waals surface area (Å²) in [7, 11) is 2.11. The summed E-state index contributed by atoms with van der Waals surface area (Å²) in [6.45, 7) is 3.99. The lowest BCUT2D eigenvalue weighted by Crippen LogP contribution is -2.62. The number of nitrogens with zero attached hydrogens (tertiary/aromatic N) is 4. The Bertz CT molecular complexity index is 1370. The van der Waals surface area contributed by atoms with Crippen molar-refractivity contribution in [1.29, 1.82) is 0 Å². The first-order valence-corrected chi connectivity index (χ1v) is 13.4. The predicted octanol–water partition coefficient (Wildman–Crippen LogP) is 2.72. The van der Waals surface area contributed by atoms with Crippen LogP contribution >= 0.6 is 0 Å². The van der Waals surface area contributed by atoms with Crippen molar-refractivity contribution in [2.75, 3.05) is 30.8 Å². The molecule has 2 aromatic heterocycles. The van der Waals surface area contributed by atoms with Crippen LogP contribution in [-0.2, 0) is 10.5 Å². The number of aryl methyl sites for hydroxylation is 1. The van der Waals surface area contributed by atoms with Gasteiger partial charge in [0.1, 0.15) is 35.0 Å². The van der Waals surface area contributed by atoms with Gasteiger partial charge in [0, 0.05) is 25.1 Å². The molecule has 194 valence electrons. The number of likely N-dealkylation sites (tertiary alicyclic amines) is 1. The number of carbonyl (C=O) groups is 2. The van der Waals surface area contributed by atoms with Crippen LogP contribution in [0.3, 0.4) is 0 Å². The molecule has 7 rings (SSSR count). The van der Waals surface area contributed by atoms with E-state index in [1.807, 2.05) is 6.92 Å². The minimum atomic E-state index is -0.653. The second kappa shape index (κ2) is 7.63. The molecule has 3 aliphatic carbocycles. The Morgan fingerprint density at radius 2 is 1.68 bits per heavy atom. The molecule has 0 radical (unpaired) electrons. The average Bonchev–Trinajstić information content (AvgIpc) is 3.51. The molecule has 37 heavy (non-hydrogen) atoms. The third-order valence-electron chi connectivity index (χ3n) is 9.60. The highest BCUT2D eigenvalue weighted by molar-refractivity contribution is 5.97. The summed E-state index contributed by atoms with van der Waals surface area (Å²) in [6.07, 6.45) is 9.33. The van der Waals surface area contributed by atoms with E-state index in [4.69, 9.17) is 0 Å². The fraction of sp³-hybridized carbons (Fsp3) is 0.593. The van der Waals surface area contributed by atoms with Crippen LogP contribution in [0.1, 0.15) is 67.4 Å². The number of pyridine rings is 1. The molecule has 10 nitrogen and oxygen atoms in total. The number of anilines is 3. The third-order valence-corrected chi connectivity index (χ3v) is 9.60. The maximum atomic E-state index is 13.7. The normalized spacial score (nSPS) is 24.3. The maximum Gasteiger partial charge on any atom is 0.276 e. The molecular weight excluding hydrogens is 470 g/mol. The monoisotopic (exact) mass is 503 g/mol. The molecule has 3 N–H and O–H groups in total. The standard InChI is InChI=1S/C27H33N7O3/c1-16-9-18(24(37)34-21(16)23(36)32-27(34)7-5-25(3-4-25)6-8-27)30-19-10-20(29-15-28-19)31-22(35)17-11-26(12-17)13-33(2)14-26/h9-10,15,17H,3-8,11-14H2,1-2H3,(H,32,36)(H2,28,29,30,31,35). The van der Waals surface area contributed by atoms with Crippen molar-refractivity contribution in [2.45, 2.75) is 64.0 Å². The highest BCUT2D eigenvalue weighted by Crippen LogP contribution is 2.59. The molecule has 0 atom stereocenters. The van der Waals surface area contributed by atoms with Crippen LogP contribution in [0, 0.1) is 23.7 Å². The summed E-state index contributed by atoms with van der Waals surface area (Å²) >= 11 is 0. The average molecular weight is 504 g/mol. The zero-order chi connectivity index (χ0) is 25.6. The van der Waals surface area contributed by atoms with Crippen molar-refractivity contribution in [3.63, 3.8) is 0 Å². The SMILES string of the molecule is Cc1cc(Nc2cc(NC(=O)C3CC4(C3)CN(C)C4)ncn2)c(=O)n2c1C(=O)NC21CCC2(CC2)CC1. The zero-order valence-electron chi connectivity index (χ0n) is 21.4. The van der Waals surface area contributed by atoms with Crippen molar-refractivity contribution in [1.82, 2.24) is 24.8 Å². The van der Waals surface area contributed by atoms with E-state index < -0.39 is 5.66 Å². The Balaban J connectivity index is 1.10. The molecule has 2 amide bonds. The number of carbonyl (C=O) groups excluding carboxylic acids is 2. The van der Waals surface area contributed by atoms with Gasteiger partial charge >= 0.3 is 0 Å². The van der Waals surface area contributed by atoms with Crippen molar-refractivity contribution in [3.8, 4) is 0 Å². The number of nitrogens with one attached hydrogen (secondary N) is 3. The van der Waals surface area contributed by atoms with Crippen LogP contribution < -0.4 is 21.5 Å². The van der Waals surface area contributed by atoms with Crippen molar-refractivity contribution in [3.05, 3.63) is 40.1 Å². The van der Waals surface area contributed by atoms with Gasteiger partial charge in [-0.05, 0) is 87.8 Å². The van der Waals surface area contributed by atoms with E-state index in [1.165, 1.54) is 19.2 Å². The van der Waals surface area contributed by atoms with E-state index in [-0.39, 0.29) is 23.3 Å². The van der Waals surface area contributed by atoms with Gasteiger partial charge in [0.05, 0.1) is 0 Å². The van der Waals surface area contributed by atoms with Gasteiger partial charge in [-0.2, -0.15) is 0 Å². The van der Waals surface area contributed by atoms with Crippen LogP contribution in [-0.4, -0.2) is 51.4 Å². The molecule has 4 fully saturated rings. The van der Waals surface area contributed by atoms with E-state index in [0.717, 1.165) is 57.2 Å². The largest absolute Gasteiger partial charge is 0.336 e. The van der Waals surface area contributed by atoms with Gasteiger partial charge < -0.3 is 20.9 Å². The Labute approximate surface area is 215 Å². The van der Waals surface area contributed by atoms with Crippen LogP contribution in [0.4, 0.5) is 17.3 Å². The maximum absolute atomic E-state index is 13.7. The number of hydrogen-bond donors (Lipinski definition) is 3. The summed E-state index contributed by atoms with van der Waals surface area (Å²) in [4.78, 5) is 50.2. The molecule has 2 aromatic rings. The molecule has 0 aromatic carbocycles. The van der Waals surface area contributed by atoms with E-state index in [2.05, 4.69) is 37.9 Å². The van der Waals surface area contributed by atoms with Gasteiger partial charge in [-0.1, -0.05) is 0 Å². The fourth-order valence-electron chi connectivity index (χ4n) is 7.46. The second-order valence-corrected chi connectivity index (χ2v) is 12.4. The predicted molar refractivity (Wildman–Crippen MR) is 138 cm³/mol. The molecule has 5 aliphatic rings. The first-order valence-electron chi connectivity index (χ1n) is 13.4. The van der Waals surface area contributed by atoms with Gasteiger partial charge in [0.25, 0.3) is 11.5 Å². The van der Waals surface area contributed by atoms with Gasteiger partial charge in [0.2, 0.25) is 5.91 Å². The van der Waals surface area contributed by atoms with Crippen LogP contribution in [0.2, 0.25) is 0 Å². The Kier molecular flexibility index (Phi) is 4.72. The number of hydrogen-bond acceptors (Lipinski definition) is 7. The topological polar surface area (TPSA) is 121 Å². The molecule has 1 saturated heterocycles. The second-order valence-electron chi connectivity index (χ2n) is 12.4. The van der Waals surface area contributed by atoms with Gasteiger partial charge in [0.15, 0.2) is 0 Å². The quantitative estimate of drug-likeness (QED) is 0.587. The third kappa shape index (κ3) is 3.59. The number of rotatable bonds is 4. The molecule has 10 heteroatoms. The van der Waals surface area contributed by atoms with Crippen molar-refractivity contribution in [2.24, 2.45) is 16.7 Å². The fourth-order valence-corrected chi connectivity index (χ4v) is 7.46. The number of aromatic nitrogens is 3. The molecule has 4 heterocycles. The molecular formula is C27H33N7O3. The summed E-state index contributed by atoms with van der Waals surface area (Å²) in [5, 5.41) is 9.22. The van der Waals surface area contributed by atoms with Gasteiger partial charge in [-0.15, -0.1) is 0 Å². The van der Waals surface area contributed by atoms with Crippen LogP contribution in [0.25, 0.3) is 0 Å². The van der Waals surface area contributed by atoms with Crippen LogP contribution in [0.5, 0.6) is 0 Å². The smallest absolute Gasteiger partial charge is 0.276 e. The van der Waals surface area contributed by atoms with E-state index in [9.17, 15) is 14.4 Å². The summed E-state index contributed by atoms with van der Waals surface area (Å²) in [6, 6.07) is 3.36. The molecule has 3 spiro atoms. The molecule has 2 aliphatic heterocycles. The summed E-state index contributed by atoms with van der Waals surface area (Å²) in [5.41, 5.74) is 1.42. The van der Waals surface area contributed by atoms with E-state index in [1.54, 1.807) is 16.7 Å². The summed E-state index contributed by atoms with van der Waals surface area (Å²) in [5.74, 6) is 0.639. The number of amides is 2. The highest BCUT2D eigenvalue weighted by Gasteiger charge is 2.54. The minimum Gasteiger partial charge on any atom is -0.336 e. The van der Waals surface area contributed by atoms with Gasteiger partial charge in [-0.3, -0.25) is 19.0 Å². The van der Waals surface area contributed by atoms with E-state index in [0.29, 0.717) is 33.8 Å². The lowest BCUT2D eigenvalue weighted by Gasteiger charge is -2.57. The Hall–Kier alpha value is -3.27. The summed E-state index contributed by atoms with van der Waals surface area (Å²) < 4.78 is 1.69. The first-order chi connectivity index (χ1) is 17.7. The molecule has 0 unspecified atom stereocenters. The Morgan fingerprint density at radius 3 is 2.35 bits per heavy atom. The molecule has 3 saturated carbocycles.